The second kappa shape index (κ2) is 11.2. The number of carbonyl (C=O) groups is 3. The molecule has 0 aromatic rings. The molecule has 0 saturated heterocycles. The number of nitrogens with two attached hydrogens (primary N) is 1. The van der Waals surface area contributed by atoms with Gasteiger partial charge in [0.15, 0.2) is 0 Å². The Balaban J connectivity index is 3.74. The van der Waals surface area contributed by atoms with E-state index in [0.717, 1.165) is 12.8 Å². The summed E-state index contributed by atoms with van der Waals surface area (Å²) in [5.74, 6) is -2.15. The molecule has 0 radical (unpaired) electrons. The number of carboxylic acids is 2. The summed E-state index contributed by atoms with van der Waals surface area (Å²) >= 11 is 0. The fraction of sp³-hybridized carbons (Fsp3) is 0.769. The number of aliphatic carboxylic acids is 2. The quantitative estimate of drug-likeness (QED) is 0.391. The summed E-state index contributed by atoms with van der Waals surface area (Å²) in [4.78, 5) is 32.8. The Morgan fingerprint density at radius 3 is 2.05 bits per heavy atom. The average molecular weight is 288 g/mol. The summed E-state index contributed by atoms with van der Waals surface area (Å²) in [7, 11) is 0. The minimum Gasteiger partial charge on any atom is -0.481 e. The molecule has 5 N–H and O–H groups in total. The van der Waals surface area contributed by atoms with Crippen molar-refractivity contribution in [3.63, 3.8) is 0 Å². The highest BCUT2D eigenvalue weighted by molar-refractivity contribution is 5.83. The van der Waals surface area contributed by atoms with E-state index in [0.29, 0.717) is 32.2 Å². The Hall–Kier alpha value is -1.63. The lowest BCUT2D eigenvalue weighted by Crippen LogP contribution is -2.40. The topological polar surface area (TPSA) is 130 Å². The Bertz CT molecular complexity index is 320. The van der Waals surface area contributed by atoms with Crippen molar-refractivity contribution in [1.29, 1.82) is 0 Å². The third-order valence-corrected chi connectivity index (χ3v) is 2.87. The van der Waals surface area contributed by atoms with Gasteiger partial charge in [-0.1, -0.05) is 12.8 Å². The highest BCUT2D eigenvalue weighted by atomic mass is 16.4. The first-order valence-corrected chi connectivity index (χ1v) is 6.91. The lowest BCUT2D eigenvalue weighted by Gasteiger charge is -2.13. The zero-order valence-corrected chi connectivity index (χ0v) is 11.6. The van der Waals surface area contributed by atoms with Crippen molar-refractivity contribution in [2.45, 2.75) is 57.4 Å². The molecule has 0 rings (SSSR count). The summed E-state index contributed by atoms with van der Waals surface area (Å²) < 4.78 is 0. The van der Waals surface area contributed by atoms with Crippen LogP contribution in [0.2, 0.25) is 0 Å². The Morgan fingerprint density at radius 1 is 0.950 bits per heavy atom. The number of hydrogen-bond acceptors (Lipinski definition) is 4. The molecule has 0 fully saturated rings. The van der Waals surface area contributed by atoms with Crippen LogP contribution in [0.3, 0.4) is 0 Å². The van der Waals surface area contributed by atoms with E-state index in [1.807, 2.05) is 0 Å². The van der Waals surface area contributed by atoms with Gasteiger partial charge in [0.1, 0.15) is 6.04 Å². The molecule has 1 atom stereocenters. The molecule has 20 heavy (non-hydrogen) atoms. The van der Waals surface area contributed by atoms with Crippen LogP contribution in [-0.4, -0.2) is 40.6 Å². The van der Waals surface area contributed by atoms with Gasteiger partial charge in [0, 0.05) is 12.8 Å². The second-order valence-corrected chi connectivity index (χ2v) is 4.70. The van der Waals surface area contributed by atoms with Gasteiger partial charge in [-0.05, 0) is 32.2 Å². The smallest absolute Gasteiger partial charge is 0.326 e. The predicted molar refractivity (Wildman–Crippen MR) is 73.2 cm³/mol. The fourth-order valence-corrected chi connectivity index (χ4v) is 1.76. The zero-order chi connectivity index (χ0) is 15.4. The lowest BCUT2D eigenvalue weighted by atomic mass is 10.1. The molecule has 0 saturated carbocycles. The van der Waals surface area contributed by atoms with Gasteiger partial charge < -0.3 is 21.3 Å². The van der Waals surface area contributed by atoms with Crippen LogP contribution in [-0.2, 0) is 14.4 Å². The predicted octanol–water partition coefficient (Wildman–Crippen LogP) is 0.720. The Kier molecular flexibility index (Phi) is 10.3. The highest BCUT2D eigenvalue weighted by Gasteiger charge is 2.18. The van der Waals surface area contributed by atoms with Crippen LogP contribution in [0.1, 0.15) is 51.4 Å². The van der Waals surface area contributed by atoms with Gasteiger partial charge in [0.2, 0.25) is 5.91 Å². The summed E-state index contributed by atoms with van der Waals surface area (Å²) in [5, 5.41) is 19.9. The first-order valence-electron chi connectivity index (χ1n) is 6.91. The van der Waals surface area contributed by atoms with Crippen LogP contribution in [0.15, 0.2) is 0 Å². The normalized spacial score (nSPS) is 11.8. The monoisotopic (exact) mass is 288 g/mol. The average Bonchev–Trinajstić information content (AvgIpc) is 2.37. The van der Waals surface area contributed by atoms with Crippen LogP contribution >= 0.6 is 0 Å². The molecule has 7 nitrogen and oxygen atoms in total. The van der Waals surface area contributed by atoms with Crippen molar-refractivity contribution in [3.05, 3.63) is 0 Å². The van der Waals surface area contributed by atoms with E-state index in [1.165, 1.54) is 0 Å². The van der Waals surface area contributed by atoms with E-state index in [-0.39, 0.29) is 18.7 Å². The number of amides is 1. The molecule has 0 aliphatic carbocycles. The number of carbonyl (C=O) groups excluding carboxylic acids is 1. The van der Waals surface area contributed by atoms with Crippen molar-refractivity contribution in [2.75, 3.05) is 6.54 Å². The van der Waals surface area contributed by atoms with E-state index in [2.05, 4.69) is 5.32 Å². The van der Waals surface area contributed by atoms with Crippen molar-refractivity contribution in [2.24, 2.45) is 5.73 Å². The Morgan fingerprint density at radius 2 is 1.55 bits per heavy atom. The molecule has 0 aliphatic rings. The van der Waals surface area contributed by atoms with Gasteiger partial charge >= 0.3 is 11.9 Å². The SMILES string of the molecule is NCCCC(NC(=O)CCCCCCC(=O)O)C(=O)O. The number of carboxylic acid groups (broad SMARTS) is 2. The molecule has 1 unspecified atom stereocenters. The van der Waals surface area contributed by atoms with Gasteiger partial charge in [-0.2, -0.15) is 0 Å². The van der Waals surface area contributed by atoms with Crippen LogP contribution in [0.25, 0.3) is 0 Å². The first kappa shape index (κ1) is 18.4. The van der Waals surface area contributed by atoms with E-state index in [4.69, 9.17) is 15.9 Å². The summed E-state index contributed by atoms with van der Waals surface area (Å²) in [6, 6.07) is -0.877. The van der Waals surface area contributed by atoms with Gasteiger partial charge in [-0.15, -0.1) is 0 Å². The number of hydrogen-bond donors (Lipinski definition) is 4. The van der Waals surface area contributed by atoms with Crippen molar-refractivity contribution >= 4 is 17.8 Å². The third kappa shape index (κ3) is 10.3. The molecular weight excluding hydrogens is 264 g/mol. The van der Waals surface area contributed by atoms with E-state index in [9.17, 15) is 14.4 Å². The number of rotatable bonds is 12. The number of nitrogens with one attached hydrogen (secondary N) is 1. The molecule has 116 valence electrons. The number of unbranched alkanes of at least 4 members (excludes halogenated alkanes) is 3. The standard InChI is InChI=1S/C13H24N2O5/c14-9-5-6-10(13(19)20)15-11(16)7-3-1-2-4-8-12(17)18/h10H,1-9,14H2,(H,15,16)(H,17,18)(H,19,20). The fourth-order valence-electron chi connectivity index (χ4n) is 1.76. The minimum atomic E-state index is -1.05. The molecule has 0 spiro atoms. The second-order valence-electron chi connectivity index (χ2n) is 4.70. The van der Waals surface area contributed by atoms with Crippen molar-refractivity contribution in [1.82, 2.24) is 5.32 Å². The summed E-state index contributed by atoms with van der Waals surface area (Å²) in [6.07, 6.45) is 4.05. The van der Waals surface area contributed by atoms with Gasteiger partial charge in [0.25, 0.3) is 0 Å². The molecule has 0 bridgehead atoms. The van der Waals surface area contributed by atoms with Gasteiger partial charge in [-0.3, -0.25) is 9.59 Å². The van der Waals surface area contributed by atoms with Crippen LogP contribution in [0.4, 0.5) is 0 Å². The van der Waals surface area contributed by atoms with Crippen molar-refractivity contribution in [3.8, 4) is 0 Å². The maximum atomic E-state index is 11.6. The van der Waals surface area contributed by atoms with Crippen LogP contribution in [0.5, 0.6) is 0 Å². The maximum Gasteiger partial charge on any atom is 0.326 e. The molecular formula is C13H24N2O5. The molecule has 0 aromatic carbocycles. The van der Waals surface area contributed by atoms with Crippen LogP contribution < -0.4 is 11.1 Å². The molecule has 0 aliphatic heterocycles. The molecule has 1 amide bonds. The minimum absolute atomic E-state index is 0.145. The summed E-state index contributed by atoms with van der Waals surface area (Å²) in [6.45, 7) is 0.392. The van der Waals surface area contributed by atoms with E-state index < -0.39 is 18.0 Å². The lowest BCUT2D eigenvalue weighted by molar-refractivity contribution is -0.142. The highest BCUT2D eigenvalue weighted by Crippen LogP contribution is 2.06. The van der Waals surface area contributed by atoms with Crippen LogP contribution in [0, 0.1) is 0 Å². The molecule has 0 aromatic heterocycles. The molecule has 7 heteroatoms. The van der Waals surface area contributed by atoms with Crippen molar-refractivity contribution < 1.29 is 24.6 Å². The van der Waals surface area contributed by atoms with E-state index in [1.54, 1.807) is 0 Å². The Labute approximate surface area is 118 Å². The van der Waals surface area contributed by atoms with Gasteiger partial charge in [0.05, 0.1) is 0 Å². The third-order valence-electron chi connectivity index (χ3n) is 2.87. The zero-order valence-electron chi connectivity index (χ0n) is 11.6. The summed E-state index contributed by atoms with van der Waals surface area (Å²) in [5.41, 5.74) is 5.31. The van der Waals surface area contributed by atoms with Gasteiger partial charge in [-0.25, -0.2) is 4.79 Å². The largest absolute Gasteiger partial charge is 0.481 e. The maximum absolute atomic E-state index is 11.6. The first-order chi connectivity index (χ1) is 9.47. The van der Waals surface area contributed by atoms with E-state index >= 15 is 0 Å². The molecule has 0 heterocycles.